The van der Waals surface area contributed by atoms with E-state index >= 15 is 0 Å². The van der Waals surface area contributed by atoms with Crippen molar-refractivity contribution in [3.05, 3.63) is 12.2 Å². The van der Waals surface area contributed by atoms with Gasteiger partial charge in [-0.15, -0.1) is 0 Å². The minimum atomic E-state index is -1.18. The summed E-state index contributed by atoms with van der Waals surface area (Å²) >= 11 is 0. The van der Waals surface area contributed by atoms with Crippen LogP contribution in [0.3, 0.4) is 0 Å². The molecule has 0 radical (unpaired) electrons. The molecule has 0 aromatic heterocycles. The minimum absolute atomic E-state index is 0.0839. The second-order valence-corrected chi connectivity index (χ2v) is 3.36. The predicted molar refractivity (Wildman–Crippen MR) is 39.6 cm³/mol. The Morgan fingerprint density at radius 1 is 1.67 bits per heavy atom. The number of fused-ring (bicyclic) bond motifs is 2. The van der Waals surface area contributed by atoms with Gasteiger partial charge in [0.05, 0.1) is 12.5 Å². The Balaban J connectivity index is 2.13. The Kier molecular flexibility index (Phi) is 1.49. The van der Waals surface area contributed by atoms with E-state index in [1.165, 1.54) is 0 Å². The molecule has 0 saturated carbocycles. The molecule has 3 unspecified atom stereocenters. The van der Waals surface area contributed by atoms with Gasteiger partial charge < -0.3 is 14.9 Å². The van der Waals surface area contributed by atoms with Crippen molar-refractivity contribution in [1.82, 2.24) is 0 Å². The lowest BCUT2D eigenvalue weighted by atomic mass is 9.86. The predicted octanol–water partition coefficient (Wildman–Crippen LogP) is -0.0805. The molecule has 0 aromatic rings. The van der Waals surface area contributed by atoms with Crippen molar-refractivity contribution in [2.45, 2.75) is 30.7 Å². The van der Waals surface area contributed by atoms with Crippen molar-refractivity contribution in [1.29, 1.82) is 0 Å². The van der Waals surface area contributed by atoms with Gasteiger partial charge in [-0.1, -0.05) is 12.2 Å². The summed E-state index contributed by atoms with van der Waals surface area (Å²) in [7, 11) is 0. The lowest BCUT2D eigenvalue weighted by Crippen LogP contribution is -2.39. The van der Waals surface area contributed by atoms with Crippen molar-refractivity contribution in [3.8, 4) is 0 Å². The quantitative estimate of drug-likeness (QED) is 0.569. The van der Waals surface area contributed by atoms with E-state index in [0.29, 0.717) is 6.42 Å². The van der Waals surface area contributed by atoms with Crippen LogP contribution in [0.25, 0.3) is 0 Å². The minimum Gasteiger partial charge on any atom is -0.481 e. The number of hydrogen-bond acceptors (Lipinski definition) is 3. The molecule has 0 spiro atoms. The number of aliphatic hydroxyl groups is 1. The SMILES string of the molecule is O=C(O)CC1(O)CC2C=CC1O2. The van der Waals surface area contributed by atoms with Gasteiger partial charge in [0.25, 0.3) is 0 Å². The Labute approximate surface area is 69.5 Å². The third kappa shape index (κ3) is 1.04. The van der Waals surface area contributed by atoms with Crippen LogP contribution < -0.4 is 0 Å². The molecule has 2 heterocycles. The lowest BCUT2D eigenvalue weighted by molar-refractivity contribution is -0.143. The highest BCUT2D eigenvalue weighted by molar-refractivity contribution is 5.68. The zero-order chi connectivity index (χ0) is 8.77. The third-order valence-corrected chi connectivity index (χ3v) is 2.36. The molecule has 0 amide bonds. The first-order valence-corrected chi connectivity index (χ1v) is 3.88. The fourth-order valence-corrected chi connectivity index (χ4v) is 1.82. The van der Waals surface area contributed by atoms with Gasteiger partial charge in [-0.3, -0.25) is 4.79 Å². The second kappa shape index (κ2) is 2.31. The summed E-state index contributed by atoms with van der Waals surface area (Å²) in [6, 6.07) is 0. The number of carboxylic acids is 1. The van der Waals surface area contributed by atoms with E-state index in [0.717, 1.165) is 0 Å². The molecule has 1 saturated heterocycles. The van der Waals surface area contributed by atoms with Crippen LogP contribution in [-0.2, 0) is 9.53 Å². The molecule has 2 aliphatic rings. The van der Waals surface area contributed by atoms with Crippen LogP contribution in [0, 0.1) is 0 Å². The second-order valence-electron chi connectivity index (χ2n) is 3.36. The average molecular weight is 170 g/mol. The molecule has 2 rings (SSSR count). The van der Waals surface area contributed by atoms with Gasteiger partial charge in [-0.2, -0.15) is 0 Å². The van der Waals surface area contributed by atoms with Crippen molar-refractivity contribution in [2.24, 2.45) is 0 Å². The van der Waals surface area contributed by atoms with Crippen LogP contribution in [-0.4, -0.2) is 34.0 Å². The molecule has 2 N–H and O–H groups in total. The maximum absolute atomic E-state index is 10.4. The van der Waals surface area contributed by atoms with Crippen molar-refractivity contribution in [2.75, 3.05) is 0 Å². The number of hydrogen-bond donors (Lipinski definition) is 2. The smallest absolute Gasteiger partial charge is 0.306 e. The van der Waals surface area contributed by atoms with Gasteiger partial charge >= 0.3 is 5.97 Å². The molecule has 66 valence electrons. The van der Waals surface area contributed by atoms with E-state index in [1.54, 1.807) is 6.08 Å². The molecule has 0 aromatic carbocycles. The van der Waals surface area contributed by atoms with Crippen molar-refractivity contribution in [3.63, 3.8) is 0 Å². The van der Waals surface area contributed by atoms with Crippen molar-refractivity contribution < 1.29 is 19.7 Å². The van der Waals surface area contributed by atoms with Crippen LogP contribution in [0.1, 0.15) is 12.8 Å². The van der Waals surface area contributed by atoms with Gasteiger partial charge in [0.15, 0.2) is 0 Å². The maximum atomic E-state index is 10.4. The number of carbonyl (C=O) groups is 1. The van der Waals surface area contributed by atoms with Crippen LogP contribution in [0.5, 0.6) is 0 Å². The van der Waals surface area contributed by atoms with Crippen LogP contribution in [0.4, 0.5) is 0 Å². The maximum Gasteiger partial charge on any atom is 0.306 e. The lowest BCUT2D eigenvalue weighted by Gasteiger charge is -2.24. The molecule has 0 aliphatic carbocycles. The summed E-state index contributed by atoms with van der Waals surface area (Å²) in [6.07, 6.45) is 3.26. The number of aliphatic carboxylic acids is 1. The van der Waals surface area contributed by atoms with Crippen LogP contribution in [0.15, 0.2) is 12.2 Å². The summed E-state index contributed by atoms with van der Waals surface area (Å²) in [5.41, 5.74) is -1.18. The van der Waals surface area contributed by atoms with Crippen molar-refractivity contribution >= 4 is 5.97 Å². The van der Waals surface area contributed by atoms with Gasteiger partial charge in [0.2, 0.25) is 0 Å². The van der Waals surface area contributed by atoms with Gasteiger partial charge in [-0.05, 0) is 0 Å². The van der Waals surface area contributed by atoms with Crippen LogP contribution >= 0.6 is 0 Å². The number of carboxylic acid groups (broad SMARTS) is 1. The van der Waals surface area contributed by atoms with Gasteiger partial charge in [-0.25, -0.2) is 0 Å². The zero-order valence-electron chi connectivity index (χ0n) is 6.43. The Morgan fingerprint density at radius 3 is 2.83 bits per heavy atom. The van der Waals surface area contributed by atoms with Gasteiger partial charge in [0, 0.05) is 6.42 Å². The standard InChI is InChI=1S/C8H10O4/c9-7(10)4-8(11)3-5-1-2-6(8)12-5/h1-2,5-6,11H,3-4H2,(H,9,10). The first-order chi connectivity index (χ1) is 5.60. The van der Waals surface area contributed by atoms with Gasteiger partial charge in [0.1, 0.15) is 11.7 Å². The fraction of sp³-hybridized carbons (Fsp3) is 0.625. The summed E-state index contributed by atoms with van der Waals surface area (Å²) in [6.45, 7) is 0. The Hall–Kier alpha value is -0.870. The molecular formula is C8H10O4. The number of rotatable bonds is 2. The topological polar surface area (TPSA) is 66.8 Å². The van der Waals surface area contributed by atoms with E-state index in [2.05, 4.69) is 0 Å². The van der Waals surface area contributed by atoms with E-state index < -0.39 is 17.7 Å². The molecule has 2 aliphatic heterocycles. The highest BCUT2D eigenvalue weighted by Crippen LogP contribution is 2.39. The first kappa shape index (κ1) is 7.76. The zero-order valence-corrected chi connectivity index (χ0v) is 6.43. The molecule has 3 atom stereocenters. The molecule has 2 bridgehead atoms. The van der Waals surface area contributed by atoms with Crippen LogP contribution in [0.2, 0.25) is 0 Å². The largest absolute Gasteiger partial charge is 0.481 e. The monoisotopic (exact) mass is 170 g/mol. The average Bonchev–Trinajstić information content (AvgIpc) is 2.42. The molecular weight excluding hydrogens is 160 g/mol. The fourth-order valence-electron chi connectivity index (χ4n) is 1.82. The molecule has 12 heavy (non-hydrogen) atoms. The summed E-state index contributed by atoms with van der Waals surface area (Å²) in [5.74, 6) is -0.984. The highest BCUT2D eigenvalue weighted by Gasteiger charge is 2.49. The normalized spacial score (nSPS) is 43.8. The summed E-state index contributed by atoms with van der Waals surface area (Å²) in [4.78, 5) is 10.4. The van der Waals surface area contributed by atoms with E-state index in [4.69, 9.17) is 9.84 Å². The third-order valence-electron chi connectivity index (χ3n) is 2.36. The number of ether oxygens (including phenoxy) is 1. The highest BCUT2D eigenvalue weighted by atomic mass is 16.5. The Morgan fingerprint density at radius 2 is 2.42 bits per heavy atom. The summed E-state index contributed by atoms with van der Waals surface area (Å²) in [5, 5.41) is 18.3. The van der Waals surface area contributed by atoms with E-state index in [9.17, 15) is 9.90 Å². The summed E-state index contributed by atoms with van der Waals surface area (Å²) < 4.78 is 5.26. The molecule has 4 heteroatoms. The van der Waals surface area contributed by atoms with E-state index in [-0.39, 0.29) is 12.5 Å². The first-order valence-electron chi connectivity index (χ1n) is 3.88. The Bertz CT molecular complexity index is 247. The molecule has 4 nitrogen and oxygen atoms in total. The van der Waals surface area contributed by atoms with E-state index in [1.807, 2.05) is 6.08 Å². The molecule has 1 fully saturated rings.